The summed E-state index contributed by atoms with van der Waals surface area (Å²) >= 11 is 0.976. The predicted molar refractivity (Wildman–Crippen MR) is 58.1 cm³/mol. The van der Waals surface area contributed by atoms with Crippen molar-refractivity contribution in [3.63, 3.8) is 0 Å². The van der Waals surface area contributed by atoms with Gasteiger partial charge in [0.1, 0.15) is 0 Å². The van der Waals surface area contributed by atoms with E-state index in [9.17, 15) is 4.79 Å². The Morgan fingerprint density at radius 1 is 1.69 bits per heavy atom. The molecule has 2 heterocycles. The monoisotopic (exact) mass is 240 g/mol. The number of carboxylic acid groups (broad SMARTS) is 1. The van der Waals surface area contributed by atoms with Crippen molar-refractivity contribution in [2.75, 3.05) is 17.7 Å². The van der Waals surface area contributed by atoms with Crippen LogP contribution in [-0.2, 0) is 0 Å². The smallest absolute Gasteiger partial charge is 0.349 e. The Labute approximate surface area is 94.1 Å². The Balaban J connectivity index is 2.35. The molecule has 0 amide bonds. The minimum absolute atomic E-state index is 0.00105. The maximum absolute atomic E-state index is 10.8. The van der Waals surface area contributed by atoms with Crippen LogP contribution in [0.25, 0.3) is 0 Å². The van der Waals surface area contributed by atoms with Gasteiger partial charge in [-0.05, 0) is 0 Å². The number of aromatic carboxylic acids is 1. The van der Waals surface area contributed by atoms with Gasteiger partial charge in [0.05, 0.1) is 6.20 Å². The van der Waals surface area contributed by atoms with Gasteiger partial charge in [-0.1, -0.05) is 11.3 Å². The van der Waals surface area contributed by atoms with Crippen LogP contribution < -0.4 is 10.6 Å². The van der Waals surface area contributed by atoms with E-state index in [1.807, 2.05) is 0 Å². The van der Waals surface area contributed by atoms with E-state index in [1.165, 1.54) is 12.6 Å². The molecule has 0 atom stereocenters. The summed E-state index contributed by atoms with van der Waals surface area (Å²) in [4.78, 5) is 20.1. The van der Waals surface area contributed by atoms with Crippen molar-refractivity contribution in [1.82, 2.24) is 9.97 Å². The number of nitrogens with zero attached hydrogens (tertiary/aromatic N) is 3. The number of nitrogens with two attached hydrogens (primary N) is 1. The molecule has 0 aliphatic carbocycles. The second-order valence-corrected chi connectivity index (χ2v) is 3.89. The molecule has 7 nitrogen and oxygen atoms in total. The average molecular weight is 240 g/mol. The third-order valence-corrected chi connectivity index (χ3v) is 3.01. The Morgan fingerprint density at radius 3 is 2.94 bits per heavy atom. The van der Waals surface area contributed by atoms with Crippen LogP contribution in [0.1, 0.15) is 9.67 Å². The average Bonchev–Trinajstić information content (AvgIpc) is 2.84. The van der Waals surface area contributed by atoms with Crippen molar-refractivity contribution in [3.05, 3.63) is 17.5 Å². The van der Waals surface area contributed by atoms with Crippen LogP contribution in [-0.4, -0.2) is 28.1 Å². The van der Waals surface area contributed by atoms with E-state index in [-0.39, 0.29) is 10.7 Å². The molecule has 0 aromatic carbocycles. The molecule has 2 aromatic heterocycles. The van der Waals surface area contributed by atoms with Crippen molar-refractivity contribution in [3.8, 4) is 0 Å². The summed E-state index contributed by atoms with van der Waals surface area (Å²) in [6.45, 7) is 0. The molecule has 0 saturated heterocycles. The molecule has 0 unspecified atom stereocenters. The van der Waals surface area contributed by atoms with Crippen molar-refractivity contribution >= 4 is 34.1 Å². The molecule has 84 valence electrons. The lowest BCUT2D eigenvalue weighted by molar-refractivity contribution is 0.0703. The molecule has 0 fully saturated rings. The zero-order valence-corrected chi connectivity index (χ0v) is 9.06. The number of aromatic nitrogens is 2. The first-order valence-electron chi connectivity index (χ1n) is 4.21. The molecule has 0 radical (unpaired) electrons. The van der Waals surface area contributed by atoms with Gasteiger partial charge in [0.15, 0.2) is 22.2 Å². The van der Waals surface area contributed by atoms with Crippen molar-refractivity contribution in [2.45, 2.75) is 0 Å². The first kappa shape index (κ1) is 10.4. The Kier molecular flexibility index (Phi) is 2.49. The van der Waals surface area contributed by atoms with Gasteiger partial charge in [0, 0.05) is 7.05 Å². The molecule has 2 aromatic rings. The Hall–Kier alpha value is -2.09. The fraction of sp³-hybridized carbons (Fsp3) is 0.125. The number of oxazole rings is 1. The largest absolute Gasteiger partial charge is 0.477 e. The minimum atomic E-state index is -1.09. The molecule has 0 saturated carbocycles. The van der Waals surface area contributed by atoms with Crippen LogP contribution in [0, 0.1) is 0 Å². The van der Waals surface area contributed by atoms with Crippen LogP contribution in [0.3, 0.4) is 0 Å². The molecule has 8 heteroatoms. The topological polar surface area (TPSA) is 105 Å². The van der Waals surface area contributed by atoms with Crippen molar-refractivity contribution < 1.29 is 14.3 Å². The number of nitrogen functional groups attached to an aromatic ring is 1. The van der Waals surface area contributed by atoms with E-state index in [4.69, 9.17) is 15.3 Å². The third-order valence-electron chi connectivity index (χ3n) is 1.87. The second kappa shape index (κ2) is 3.81. The first-order valence-corrected chi connectivity index (χ1v) is 5.03. The highest BCUT2D eigenvalue weighted by molar-refractivity contribution is 7.18. The highest BCUT2D eigenvalue weighted by atomic mass is 32.1. The normalized spacial score (nSPS) is 10.3. The summed E-state index contributed by atoms with van der Waals surface area (Å²) in [7, 11) is 1.68. The van der Waals surface area contributed by atoms with Gasteiger partial charge in [0.25, 0.3) is 0 Å². The maximum Gasteiger partial charge on any atom is 0.349 e. The van der Waals surface area contributed by atoms with E-state index in [2.05, 4.69) is 9.97 Å². The van der Waals surface area contributed by atoms with Crippen molar-refractivity contribution in [1.29, 1.82) is 0 Å². The quantitative estimate of drug-likeness (QED) is 0.829. The van der Waals surface area contributed by atoms with E-state index >= 15 is 0 Å². The van der Waals surface area contributed by atoms with Crippen molar-refractivity contribution in [2.24, 2.45) is 0 Å². The number of rotatable bonds is 3. The zero-order valence-electron chi connectivity index (χ0n) is 8.25. The summed E-state index contributed by atoms with van der Waals surface area (Å²) in [6.07, 6.45) is 2.78. The van der Waals surface area contributed by atoms with Gasteiger partial charge in [0.2, 0.25) is 5.88 Å². The van der Waals surface area contributed by atoms with Crippen LogP contribution in [0.15, 0.2) is 17.0 Å². The standard InChI is InChI=1S/C8H8N4O3S/c1-12(4-2-10-3-15-4)8-11-6(9)5(16-8)7(13)14/h2-3H,9H2,1H3,(H,13,14). The minimum Gasteiger partial charge on any atom is -0.477 e. The van der Waals surface area contributed by atoms with E-state index in [1.54, 1.807) is 11.9 Å². The summed E-state index contributed by atoms with van der Waals surface area (Å²) < 4.78 is 5.05. The lowest BCUT2D eigenvalue weighted by Gasteiger charge is -2.09. The van der Waals surface area contributed by atoms with Crippen LogP contribution in [0.4, 0.5) is 16.8 Å². The zero-order chi connectivity index (χ0) is 11.7. The van der Waals surface area contributed by atoms with Gasteiger partial charge >= 0.3 is 5.97 Å². The van der Waals surface area contributed by atoms with E-state index in [0.29, 0.717) is 11.0 Å². The molecule has 16 heavy (non-hydrogen) atoms. The van der Waals surface area contributed by atoms with E-state index < -0.39 is 5.97 Å². The number of carboxylic acids is 1. The number of carbonyl (C=O) groups is 1. The van der Waals surface area contributed by atoms with Gasteiger partial charge in [-0.15, -0.1) is 0 Å². The molecular weight excluding hydrogens is 232 g/mol. The number of hydrogen-bond donors (Lipinski definition) is 2. The summed E-state index contributed by atoms with van der Waals surface area (Å²) in [5.74, 6) is -0.628. The van der Waals surface area contributed by atoms with Gasteiger partial charge < -0.3 is 15.3 Å². The number of hydrogen-bond acceptors (Lipinski definition) is 7. The van der Waals surface area contributed by atoms with Crippen LogP contribution in [0.2, 0.25) is 0 Å². The Bertz CT molecular complexity index is 507. The molecular formula is C8H8N4O3S. The number of anilines is 3. The van der Waals surface area contributed by atoms with Gasteiger partial charge in [-0.2, -0.15) is 0 Å². The summed E-state index contributed by atoms with van der Waals surface area (Å²) in [6, 6.07) is 0. The first-order chi connectivity index (χ1) is 7.59. The third kappa shape index (κ3) is 1.70. The predicted octanol–water partition coefficient (Wildman–Crippen LogP) is 1.18. The SMILES string of the molecule is CN(c1cnco1)c1nc(N)c(C(=O)O)s1. The van der Waals surface area contributed by atoms with Gasteiger partial charge in [-0.3, -0.25) is 4.90 Å². The van der Waals surface area contributed by atoms with Crippen LogP contribution >= 0.6 is 11.3 Å². The van der Waals surface area contributed by atoms with Gasteiger partial charge in [-0.25, -0.2) is 14.8 Å². The lowest BCUT2D eigenvalue weighted by atomic mass is 10.5. The number of thiazole rings is 1. The second-order valence-electron chi connectivity index (χ2n) is 2.91. The molecule has 0 aliphatic rings. The molecule has 0 aliphatic heterocycles. The van der Waals surface area contributed by atoms with Crippen LogP contribution in [0.5, 0.6) is 0 Å². The maximum atomic E-state index is 10.8. The fourth-order valence-corrected chi connectivity index (χ4v) is 1.88. The Morgan fingerprint density at radius 2 is 2.44 bits per heavy atom. The van der Waals surface area contributed by atoms with E-state index in [0.717, 1.165) is 11.3 Å². The highest BCUT2D eigenvalue weighted by Gasteiger charge is 2.18. The summed E-state index contributed by atoms with van der Waals surface area (Å²) in [5.41, 5.74) is 5.48. The summed E-state index contributed by atoms with van der Waals surface area (Å²) in [5, 5.41) is 9.26. The lowest BCUT2D eigenvalue weighted by Crippen LogP contribution is -2.07. The molecule has 2 rings (SSSR count). The molecule has 3 N–H and O–H groups in total. The highest BCUT2D eigenvalue weighted by Crippen LogP contribution is 2.31. The molecule has 0 bridgehead atoms. The fourth-order valence-electron chi connectivity index (χ4n) is 1.09. The molecule has 0 spiro atoms.